The Labute approximate surface area is 101 Å². The molecule has 0 aromatic heterocycles. The van der Waals surface area contributed by atoms with Crippen molar-refractivity contribution in [2.24, 2.45) is 11.8 Å². The summed E-state index contributed by atoms with van der Waals surface area (Å²) in [7, 11) is -2.25. The first-order valence-corrected chi connectivity index (χ1v) is 7.62. The predicted octanol–water partition coefficient (Wildman–Crippen LogP) is 4.28. The third-order valence-corrected chi connectivity index (χ3v) is 3.93. The Hall–Kier alpha value is 0.150. The number of hydrogen-bond acceptors (Lipinski definition) is 3. The van der Waals surface area contributed by atoms with Crippen molar-refractivity contribution in [1.82, 2.24) is 0 Å². The highest BCUT2D eigenvalue weighted by atomic mass is 31.1. The minimum absolute atomic E-state index is 0.552. The SMILES string of the molecule is CCC(C)CCO[PH](=O)OCCC(C)CC. The van der Waals surface area contributed by atoms with Gasteiger partial charge in [-0.05, 0) is 24.7 Å². The van der Waals surface area contributed by atoms with Crippen molar-refractivity contribution in [2.75, 3.05) is 13.2 Å². The minimum atomic E-state index is -2.25. The molecule has 0 aliphatic carbocycles. The van der Waals surface area contributed by atoms with Gasteiger partial charge in [0.15, 0.2) is 0 Å². The van der Waals surface area contributed by atoms with E-state index in [4.69, 9.17) is 9.05 Å². The Kier molecular flexibility index (Phi) is 10.4. The summed E-state index contributed by atoms with van der Waals surface area (Å²) in [5.41, 5.74) is 0. The zero-order valence-corrected chi connectivity index (χ0v) is 12.1. The molecular formula is C12H27O3P. The van der Waals surface area contributed by atoms with Gasteiger partial charge in [0, 0.05) is 0 Å². The van der Waals surface area contributed by atoms with Crippen molar-refractivity contribution < 1.29 is 13.6 Å². The molecule has 0 aliphatic heterocycles. The van der Waals surface area contributed by atoms with E-state index in [1.54, 1.807) is 0 Å². The van der Waals surface area contributed by atoms with E-state index >= 15 is 0 Å². The van der Waals surface area contributed by atoms with Crippen molar-refractivity contribution in [2.45, 2.75) is 53.4 Å². The Morgan fingerprint density at radius 3 is 1.62 bits per heavy atom. The van der Waals surface area contributed by atoms with Gasteiger partial charge in [-0.15, -0.1) is 0 Å². The summed E-state index contributed by atoms with van der Waals surface area (Å²) in [5, 5.41) is 0. The second-order valence-corrected chi connectivity index (χ2v) is 5.63. The Morgan fingerprint density at radius 2 is 1.31 bits per heavy atom. The third kappa shape index (κ3) is 9.38. The van der Waals surface area contributed by atoms with E-state index < -0.39 is 8.25 Å². The van der Waals surface area contributed by atoms with Gasteiger partial charge in [0.25, 0.3) is 0 Å². The van der Waals surface area contributed by atoms with Gasteiger partial charge in [-0.2, -0.15) is 0 Å². The normalized spacial score (nSPS) is 17.0. The Morgan fingerprint density at radius 1 is 0.938 bits per heavy atom. The quantitative estimate of drug-likeness (QED) is 0.543. The van der Waals surface area contributed by atoms with E-state index in [2.05, 4.69) is 27.7 Å². The van der Waals surface area contributed by atoms with E-state index in [-0.39, 0.29) is 0 Å². The molecule has 0 fully saturated rings. The van der Waals surface area contributed by atoms with Crippen molar-refractivity contribution in [1.29, 1.82) is 0 Å². The molecule has 0 bridgehead atoms. The van der Waals surface area contributed by atoms with Crippen LogP contribution in [0.15, 0.2) is 0 Å². The smallest absolute Gasteiger partial charge is 0.311 e. The number of hydrogen-bond donors (Lipinski definition) is 0. The average molecular weight is 250 g/mol. The molecule has 0 aliphatic rings. The van der Waals surface area contributed by atoms with E-state index in [0.717, 1.165) is 25.7 Å². The molecule has 0 aromatic rings. The van der Waals surface area contributed by atoms with Gasteiger partial charge in [0.2, 0.25) is 0 Å². The van der Waals surface area contributed by atoms with Crippen molar-refractivity contribution in [3.05, 3.63) is 0 Å². The lowest BCUT2D eigenvalue weighted by Gasteiger charge is -2.10. The molecule has 0 amide bonds. The minimum Gasteiger partial charge on any atom is -0.311 e. The van der Waals surface area contributed by atoms with Crippen LogP contribution >= 0.6 is 8.25 Å². The van der Waals surface area contributed by atoms with Gasteiger partial charge >= 0.3 is 8.25 Å². The lowest BCUT2D eigenvalue weighted by Crippen LogP contribution is -2.00. The zero-order valence-electron chi connectivity index (χ0n) is 11.1. The van der Waals surface area contributed by atoms with Gasteiger partial charge in [-0.25, -0.2) is 0 Å². The van der Waals surface area contributed by atoms with E-state index in [0.29, 0.717) is 25.0 Å². The summed E-state index contributed by atoms with van der Waals surface area (Å²) in [4.78, 5) is 0. The fraction of sp³-hybridized carbons (Fsp3) is 1.00. The van der Waals surface area contributed by atoms with Gasteiger partial charge in [0.05, 0.1) is 13.2 Å². The Balaban J connectivity index is 3.38. The molecule has 0 spiro atoms. The van der Waals surface area contributed by atoms with Crippen LogP contribution in [0.5, 0.6) is 0 Å². The van der Waals surface area contributed by atoms with Crippen LogP contribution in [0.1, 0.15) is 53.4 Å². The van der Waals surface area contributed by atoms with Crippen LogP contribution in [-0.4, -0.2) is 13.2 Å². The second-order valence-electron chi connectivity index (χ2n) is 4.55. The summed E-state index contributed by atoms with van der Waals surface area (Å²) in [6, 6.07) is 0. The van der Waals surface area contributed by atoms with Crippen LogP contribution in [0.2, 0.25) is 0 Å². The molecule has 0 heterocycles. The van der Waals surface area contributed by atoms with Crippen LogP contribution in [0, 0.1) is 11.8 Å². The second kappa shape index (κ2) is 10.3. The highest BCUT2D eigenvalue weighted by Crippen LogP contribution is 2.25. The van der Waals surface area contributed by atoms with Crippen LogP contribution in [0.25, 0.3) is 0 Å². The maximum absolute atomic E-state index is 11.3. The van der Waals surface area contributed by atoms with Crippen molar-refractivity contribution in [3.63, 3.8) is 0 Å². The molecule has 0 N–H and O–H groups in total. The molecule has 16 heavy (non-hydrogen) atoms. The van der Waals surface area contributed by atoms with Gasteiger partial charge in [0.1, 0.15) is 0 Å². The lowest BCUT2D eigenvalue weighted by atomic mass is 10.1. The van der Waals surface area contributed by atoms with Crippen molar-refractivity contribution >= 4 is 8.25 Å². The van der Waals surface area contributed by atoms with Crippen LogP contribution < -0.4 is 0 Å². The Bertz CT molecular complexity index is 167. The predicted molar refractivity (Wildman–Crippen MR) is 69.0 cm³/mol. The van der Waals surface area contributed by atoms with E-state index in [1.165, 1.54) is 0 Å². The fourth-order valence-corrected chi connectivity index (χ4v) is 1.79. The molecule has 0 rings (SSSR count). The van der Waals surface area contributed by atoms with Crippen LogP contribution in [0.4, 0.5) is 0 Å². The summed E-state index contributed by atoms with van der Waals surface area (Å²) >= 11 is 0. The summed E-state index contributed by atoms with van der Waals surface area (Å²) < 4.78 is 21.6. The van der Waals surface area contributed by atoms with Gasteiger partial charge in [-0.3, -0.25) is 4.57 Å². The molecule has 2 unspecified atom stereocenters. The first kappa shape index (κ1) is 16.1. The fourth-order valence-electron chi connectivity index (χ4n) is 1.14. The maximum atomic E-state index is 11.3. The summed E-state index contributed by atoms with van der Waals surface area (Å²) in [5.74, 6) is 1.27. The highest BCUT2D eigenvalue weighted by molar-refractivity contribution is 7.33. The average Bonchev–Trinajstić information content (AvgIpc) is 2.28. The van der Waals surface area contributed by atoms with Crippen LogP contribution in [-0.2, 0) is 13.6 Å². The molecular weight excluding hydrogens is 223 g/mol. The standard InChI is InChI=1S/C12H27O3P/c1-5-11(3)7-9-14-16(13)15-10-8-12(4)6-2/h11-12,16H,5-10H2,1-4H3. The first-order valence-electron chi connectivity index (χ1n) is 6.39. The molecule has 0 aromatic carbocycles. The zero-order chi connectivity index (χ0) is 12.4. The highest BCUT2D eigenvalue weighted by Gasteiger charge is 2.04. The molecule has 0 radical (unpaired) electrons. The van der Waals surface area contributed by atoms with Crippen molar-refractivity contribution in [3.8, 4) is 0 Å². The summed E-state index contributed by atoms with van der Waals surface area (Å²) in [6.45, 7) is 9.74. The largest absolute Gasteiger partial charge is 0.319 e. The summed E-state index contributed by atoms with van der Waals surface area (Å²) in [6.07, 6.45) is 4.20. The molecule has 4 heteroatoms. The first-order chi connectivity index (χ1) is 7.60. The van der Waals surface area contributed by atoms with E-state index in [9.17, 15) is 4.57 Å². The third-order valence-electron chi connectivity index (χ3n) is 3.05. The molecule has 98 valence electrons. The molecule has 0 saturated carbocycles. The topological polar surface area (TPSA) is 35.5 Å². The van der Waals surface area contributed by atoms with Crippen LogP contribution in [0.3, 0.4) is 0 Å². The van der Waals surface area contributed by atoms with Gasteiger partial charge < -0.3 is 9.05 Å². The van der Waals surface area contributed by atoms with E-state index in [1.807, 2.05) is 0 Å². The molecule has 2 atom stereocenters. The maximum Gasteiger partial charge on any atom is 0.319 e. The number of rotatable bonds is 10. The van der Waals surface area contributed by atoms with Gasteiger partial charge in [-0.1, -0.05) is 40.5 Å². The monoisotopic (exact) mass is 250 g/mol. The molecule has 3 nitrogen and oxygen atoms in total. The molecule has 0 saturated heterocycles. The lowest BCUT2D eigenvalue weighted by molar-refractivity contribution is 0.204.